The van der Waals surface area contributed by atoms with Crippen LogP contribution >= 0.6 is 22.7 Å². The second kappa shape index (κ2) is 4.49. The highest BCUT2D eigenvalue weighted by Crippen LogP contribution is 2.35. The molecule has 0 aromatic carbocycles. The molecule has 0 bridgehead atoms. The fourth-order valence-electron chi connectivity index (χ4n) is 2.09. The van der Waals surface area contributed by atoms with Gasteiger partial charge in [0.2, 0.25) is 0 Å². The average Bonchev–Trinajstić information content (AvgIpc) is 2.94. The Kier molecular flexibility index (Phi) is 3.06. The third-order valence-corrected chi connectivity index (χ3v) is 5.54. The van der Waals surface area contributed by atoms with E-state index in [-0.39, 0.29) is 11.2 Å². The van der Waals surface area contributed by atoms with Crippen molar-refractivity contribution in [3.63, 3.8) is 0 Å². The van der Waals surface area contributed by atoms with E-state index in [1.54, 1.807) is 22.7 Å². The zero-order valence-corrected chi connectivity index (χ0v) is 13.0. The molecule has 0 spiro atoms. The molecule has 2 aromatic heterocycles. The zero-order chi connectivity index (χ0) is 13.6. The summed E-state index contributed by atoms with van der Waals surface area (Å²) in [5.74, 6) is 0.190. The van der Waals surface area contributed by atoms with Crippen molar-refractivity contribution in [2.45, 2.75) is 45.4 Å². The molecule has 0 unspecified atom stereocenters. The Balaban J connectivity index is 1.99. The molecule has 0 atom stereocenters. The summed E-state index contributed by atoms with van der Waals surface area (Å²) in [7, 11) is 0. The zero-order valence-electron chi connectivity index (χ0n) is 11.3. The number of fused-ring (bicyclic) bond motifs is 1. The summed E-state index contributed by atoms with van der Waals surface area (Å²) in [6.45, 7) is 6.48. The Morgan fingerprint density at radius 3 is 2.63 bits per heavy atom. The van der Waals surface area contributed by atoms with Gasteiger partial charge in [-0.1, -0.05) is 20.8 Å². The van der Waals surface area contributed by atoms with Crippen molar-refractivity contribution in [2.24, 2.45) is 0 Å². The van der Waals surface area contributed by atoms with E-state index in [1.165, 1.54) is 0 Å². The van der Waals surface area contributed by atoms with E-state index in [0.717, 1.165) is 33.4 Å². The molecule has 5 heteroatoms. The number of carbonyl (C=O) groups is 1. The van der Waals surface area contributed by atoms with Gasteiger partial charge in [-0.3, -0.25) is 4.79 Å². The minimum atomic E-state index is 0.0651. The van der Waals surface area contributed by atoms with Gasteiger partial charge >= 0.3 is 0 Å². The van der Waals surface area contributed by atoms with Crippen LogP contribution in [-0.4, -0.2) is 15.8 Å². The second-order valence-corrected chi connectivity index (χ2v) is 7.80. The van der Waals surface area contributed by atoms with Gasteiger partial charge in [-0.05, 0) is 12.8 Å². The van der Waals surface area contributed by atoms with E-state index in [2.05, 4.69) is 36.1 Å². The first kappa shape index (κ1) is 12.9. The lowest BCUT2D eigenvalue weighted by Gasteiger charge is -2.13. The maximum absolute atomic E-state index is 11.8. The van der Waals surface area contributed by atoms with Crippen LogP contribution in [0.15, 0.2) is 5.38 Å². The van der Waals surface area contributed by atoms with Crippen molar-refractivity contribution in [1.82, 2.24) is 9.97 Å². The molecule has 100 valence electrons. The van der Waals surface area contributed by atoms with Crippen molar-refractivity contribution in [1.29, 1.82) is 0 Å². The van der Waals surface area contributed by atoms with Gasteiger partial charge in [0.05, 0.1) is 5.01 Å². The summed E-state index contributed by atoms with van der Waals surface area (Å²) in [6.07, 6.45) is 2.58. The maximum Gasteiger partial charge on any atom is 0.182 e. The molecule has 0 radical (unpaired) electrons. The van der Waals surface area contributed by atoms with E-state index in [4.69, 9.17) is 0 Å². The normalized spacial score (nSPS) is 15.6. The molecule has 0 saturated carbocycles. The van der Waals surface area contributed by atoms with Gasteiger partial charge in [-0.25, -0.2) is 9.97 Å². The van der Waals surface area contributed by atoms with E-state index in [1.807, 2.05) is 0 Å². The number of Topliss-reactive ketones (excluding diaryl/α,β-unsaturated/α-hetero) is 1. The Morgan fingerprint density at radius 1 is 1.21 bits per heavy atom. The maximum atomic E-state index is 11.8. The first-order valence-corrected chi connectivity index (χ1v) is 8.14. The standard InChI is InChI=1S/C14H16N2OS2/c1-14(2,3)13-15-8(7-18-13)12-16-11-9(17)5-4-6-10(11)19-12/h7H,4-6H2,1-3H3. The highest BCUT2D eigenvalue weighted by molar-refractivity contribution is 7.16. The van der Waals surface area contributed by atoms with Gasteiger partial charge < -0.3 is 0 Å². The van der Waals surface area contributed by atoms with Gasteiger partial charge in [-0.15, -0.1) is 22.7 Å². The molecule has 3 nitrogen and oxygen atoms in total. The molecule has 1 aliphatic rings. The van der Waals surface area contributed by atoms with Crippen LogP contribution in [0.1, 0.15) is 54.0 Å². The number of carbonyl (C=O) groups excluding carboxylic acids is 1. The Labute approximate surface area is 120 Å². The van der Waals surface area contributed by atoms with Gasteiger partial charge in [-0.2, -0.15) is 0 Å². The Morgan fingerprint density at radius 2 is 2.00 bits per heavy atom. The number of nitrogens with zero attached hydrogens (tertiary/aromatic N) is 2. The SMILES string of the molecule is CC(C)(C)c1nc(-c2nc3c(s2)CCCC3=O)cs1. The molecule has 0 N–H and O–H groups in total. The quantitative estimate of drug-likeness (QED) is 0.795. The molecule has 0 saturated heterocycles. The molecule has 19 heavy (non-hydrogen) atoms. The monoisotopic (exact) mass is 292 g/mol. The summed E-state index contributed by atoms with van der Waals surface area (Å²) in [4.78, 5) is 22.1. The average molecular weight is 292 g/mol. The fraction of sp³-hybridized carbons (Fsp3) is 0.500. The van der Waals surface area contributed by atoms with Gasteiger partial charge in [0.25, 0.3) is 0 Å². The number of thiazole rings is 2. The van der Waals surface area contributed by atoms with Crippen molar-refractivity contribution in [2.75, 3.05) is 0 Å². The molecule has 1 aliphatic carbocycles. The first-order chi connectivity index (χ1) is 8.95. The van der Waals surface area contributed by atoms with Crippen LogP contribution in [0, 0.1) is 0 Å². The van der Waals surface area contributed by atoms with Crippen molar-refractivity contribution in [3.05, 3.63) is 21.0 Å². The second-order valence-electron chi connectivity index (χ2n) is 5.86. The van der Waals surface area contributed by atoms with Crippen LogP contribution in [0.2, 0.25) is 0 Å². The van der Waals surface area contributed by atoms with Gasteiger partial charge in [0.1, 0.15) is 16.4 Å². The minimum Gasteiger partial charge on any atom is -0.292 e. The number of aryl methyl sites for hydroxylation is 1. The molecule has 0 aliphatic heterocycles. The summed E-state index contributed by atoms with van der Waals surface area (Å²) in [5, 5.41) is 4.06. The predicted octanol–water partition coefficient (Wildman–Crippen LogP) is 4.08. The van der Waals surface area contributed by atoms with Crippen LogP contribution < -0.4 is 0 Å². The van der Waals surface area contributed by atoms with E-state index in [0.29, 0.717) is 12.1 Å². The lowest BCUT2D eigenvalue weighted by molar-refractivity contribution is 0.0968. The fourth-order valence-corrected chi connectivity index (χ4v) is 4.14. The van der Waals surface area contributed by atoms with Crippen molar-refractivity contribution < 1.29 is 4.79 Å². The number of rotatable bonds is 1. The molecule has 0 amide bonds. The summed E-state index contributed by atoms with van der Waals surface area (Å²) in [5.41, 5.74) is 1.67. The number of ketones is 1. The minimum absolute atomic E-state index is 0.0651. The smallest absolute Gasteiger partial charge is 0.182 e. The molecule has 0 fully saturated rings. The van der Waals surface area contributed by atoms with Crippen molar-refractivity contribution in [3.8, 4) is 10.7 Å². The number of aromatic nitrogens is 2. The van der Waals surface area contributed by atoms with Crippen LogP contribution in [0.4, 0.5) is 0 Å². The van der Waals surface area contributed by atoms with Gasteiger partial charge in [0, 0.05) is 22.1 Å². The van der Waals surface area contributed by atoms with Crippen molar-refractivity contribution >= 4 is 28.5 Å². The molecular weight excluding hydrogens is 276 g/mol. The van der Waals surface area contributed by atoms with Crippen LogP contribution in [-0.2, 0) is 11.8 Å². The van der Waals surface area contributed by atoms with E-state index < -0.39 is 0 Å². The topological polar surface area (TPSA) is 42.9 Å². The molecule has 3 rings (SSSR count). The number of hydrogen-bond donors (Lipinski definition) is 0. The van der Waals surface area contributed by atoms with Crippen LogP contribution in [0.5, 0.6) is 0 Å². The third-order valence-electron chi connectivity index (χ3n) is 3.13. The van der Waals surface area contributed by atoms with Gasteiger partial charge in [0.15, 0.2) is 5.78 Å². The molecule has 2 aromatic rings. The largest absolute Gasteiger partial charge is 0.292 e. The van der Waals surface area contributed by atoms with Crippen LogP contribution in [0.25, 0.3) is 10.7 Å². The highest BCUT2D eigenvalue weighted by Gasteiger charge is 2.24. The first-order valence-electron chi connectivity index (χ1n) is 6.44. The highest BCUT2D eigenvalue weighted by atomic mass is 32.1. The molecule has 2 heterocycles. The molecular formula is C14H16N2OS2. The van der Waals surface area contributed by atoms with Crippen LogP contribution in [0.3, 0.4) is 0 Å². The lowest BCUT2D eigenvalue weighted by Crippen LogP contribution is -2.10. The summed E-state index contributed by atoms with van der Waals surface area (Å²) in [6, 6.07) is 0. The predicted molar refractivity (Wildman–Crippen MR) is 79.2 cm³/mol. The number of hydrogen-bond acceptors (Lipinski definition) is 5. The summed E-state index contributed by atoms with van der Waals surface area (Å²) < 4.78 is 0. The van der Waals surface area contributed by atoms with E-state index >= 15 is 0 Å². The Hall–Kier alpha value is -1.07. The summed E-state index contributed by atoms with van der Waals surface area (Å²) >= 11 is 3.30. The lowest BCUT2D eigenvalue weighted by atomic mass is 9.98. The third kappa shape index (κ3) is 2.37. The Bertz CT molecular complexity index is 634. The van der Waals surface area contributed by atoms with E-state index in [9.17, 15) is 4.79 Å².